The fourth-order valence-electron chi connectivity index (χ4n) is 3.29. The molecule has 0 spiro atoms. The Balaban J connectivity index is 1.76. The summed E-state index contributed by atoms with van der Waals surface area (Å²) < 4.78 is 6.41. The third-order valence-electron chi connectivity index (χ3n) is 4.54. The largest absolute Gasteiger partial charge is 0.378 e. The van der Waals surface area contributed by atoms with Gasteiger partial charge in [-0.1, -0.05) is 35.2 Å². The van der Waals surface area contributed by atoms with Crippen LogP contribution in [0.4, 0.5) is 11.4 Å². The molecule has 22 heavy (non-hydrogen) atoms. The van der Waals surface area contributed by atoms with Crippen molar-refractivity contribution >= 4 is 33.2 Å². The minimum atomic E-state index is 0.172. The van der Waals surface area contributed by atoms with Crippen molar-refractivity contribution in [3.63, 3.8) is 0 Å². The number of hydrogen-bond donors (Lipinski definition) is 1. The van der Waals surface area contributed by atoms with Crippen LogP contribution in [-0.2, 0) is 9.53 Å². The topological polar surface area (TPSA) is 41.6 Å². The molecule has 1 amide bonds. The van der Waals surface area contributed by atoms with Crippen LogP contribution in [-0.4, -0.2) is 32.2 Å². The van der Waals surface area contributed by atoms with Crippen molar-refractivity contribution in [2.75, 3.05) is 36.5 Å². The molecule has 2 aliphatic rings. The van der Waals surface area contributed by atoms with E-state index < -0.39 is 0 Å². The first-order valence-electron chi connectivity index (χ1n) is 8.17. The van der Waals surface area contributed by atoms with Crippen molar-refractivity contribution < 1.29 is 9.53 Å². The summed E-state index contributed by atoms with van der Waals surface area (Å²) >= 11 is 3.51. The molecule has 120 valence electrons. The number of benzene rings is 1. The van der Waals surface area contributed by atoms with Crippen molar-refractivity contribution in [1.82, 2.24) is 0 Å². The number of anilines is 2. The summed E-state index contributed by atoms with van der Waals surface area (Å²) in [7, 11) is 0. The summed E-state index contributed by atoms with van der Waals surface area (Å²) in [5, 5.41) is 3.17. The Labute approximate surface area is 140 Å². The van der Waals surface area contributed by atoms with Gasteiger partial charge in [0.05, 0.1) is 24.6 Å². The number of nitrogens with zero attached hydrogens (tertiary/aromatic N) is 1. The lowest BCUT2D eigenvalue weighted by atomic mass is 9.88. The lowest BCUT2D eigenvalue weighted by Gasteiger charge is -2.31. The highest BCUT2D eigenvalue weighted by Crippen LogP contribution is 2.32. The Morgan fingerprint density at radius 2 is 1.91 bits per heavy atom. The molecule has 0 aromatic heterocycles. The molecule has 1 saturated heterocycles. The van der Waals surface area contributed by atoms with Crippen LogP contribution >= 0.6 is 15.9 Å². The van der Waals surface area contributed by atoms with Gasteiger partial charge in [-0.2, -0.15) is 0 Å². The number of carbonyl (C=O) groups excluding carboxylic acids is 1. The van der Waals surface area contributed by atoms with E-state index in [1.807, 2.05) is 12.1 Å². The summed E-state index contributed by atoms with van der Waals surface area (Å²) in [5.74, 6) is 0.345. The van der Waals surface area contributed by atoms with Crippen LogP contribution in [0.5, 0.6) is 0 Å². The minimum absolute atomic E-state index is 0.172. The number of rotatable bonds is 3. The molecule has 0 radical (unpaired) electrons. The summed E-state index contributed by atoms with van der Waals surface area (Å²) in [6.45, 7) is 3.22. The van der Waals surface area contributed by atoms with E-state index in [1.165, 1.54) is 19.3 Å². The molecule has 1 aliphatic carbocycles. The maximum atomic E-state index is 12.5. The molecule has 0 atom stereocenters. The van der Waals surface area contributed by atoms with Gasteiger partial charge in [-0.25, -0.2) is 0 Å². The fourth-order valence-corrected chi connectivity index (χ4v) is 3.65. The molecule has 0 bridgehead atoms. The SMILES string of the molecule is O=C(Nc1cc(Br)ccc1N1CCOCC1)C1CCCCC1. The van der Waals surface area contributed by atoms with E-state index in [0.717, 1.165) is 55.0 Å². The second-order valence-electron chi connectivity index (χ2n) is 6.09. The first kappa shape index (κ1) is 15.8. The standard InChI is InChI=1S/C17H23BrN2O2/c18-14-6-7-16(20-8-10-22-11-9-20)15(12-14)19-17(21)13-4-2-1-3-5-13/h6-7,12-13H,1-5,8-11H2,(H,19,21). The van der Waals surface area contributed by atoms with Gasteiger partial charge in [0.1, 0.15) is 0 Å². The second kappa shape index (κ2) is 7.47. The van der Waals surface area contributed by atoms with Crippen LogP contribution in [0.2, 0.25) is 0 Å². The van der Waals surface area contributed by atoms with Crippen LogP contribution in [0.1, 0.15) is 32.1 Å². The zero-order chi connectivity index (χ0) is 15.4. The average molecular weight is 367 g/mol. The van der Waals surface area contributed by atoms with E-state index in [-0.39, 0.29) is 11.8 Å². The average Bonchev–Trinajstić information content (AvgIpc) is 2.56. The summed E-state index contributed by atoms with van der Waals surface area (Å²) in [6, 6.07) is 6.11. The highest BCUT2D eigenvalue weighted by atomic mass is 79.9. The molecule has 1 N–H and O–H groups in total. The van der Waals surface area contributed by atoms with Crippen molar-refractivity contribution in [3.05, 3.63) is 22.7 Å². The fraction of sp³-hybridized carbons (Fsp3) is 0.588. The van der Waals surface area contributed by atoms with Crippen molar-refractivity contribution in [2.24, 2.45) is 5.92 Å². The Morgan fingerprint density at radius 3 is 2.64 bits per heavy atom. The van der Waals surface area contributed by atoms with Crippen LogP contribution in [0.15, 0.2) is 22.7 Å². The molecule has 0 unspecified atom stereocenters. The molecule has 1 aromatic rings. The number of amides is 1. The van der Waals surface area contributed by atoms with Gasteiger partial charge in [0.15, 0.2) is 0 Å². The molecule has 3 rings (SSSR count). The predicted octanol–water partition coefficient (Wildman–Crippen LogP) is 3.80. The van der Waals surface area contributed by atoms with E-state index in [0.29, 0.717) is 0 Å². The van der Waals surface area contributed by atoms with Gasteiger partial charge in [-0.05, 0) is 31.0 Å². The molecule has 1 saturated carbocycles. The Bertz CT molecular complexity index is 523. The van der Waals surface area contributed by atoms with Crippen molar-refractivity contribution in [3.8, 4) is 0 Å². The monoisotopic (exact) mass is 366 g/mol. The smallest absolute Gasteiger partial charge is 0.227 e. The van der Waals surface area contributed by atoms with Gasteiger partial charge < -0.3 is 15.0 Å². The lowest BCUT2D eigenvalue weighted by molar-refractivity contribution is -0.120. The number of carbonyl (C=O) groups is 1. The van der Waals surface area contributed by atoms with Gasteiger partial charge in [0.2, 0.25) is 5.91 Å². The zero-order valence-electron chi connectivity index (χ0n) is 12.8. The second-order valence-corrected chi connectivity index (χ2v) is 7.00. The first-order valence-corrected chi connectivity index (χ1v) is 8.96. The molecule has 2 fully saturated rings. The molecule has 1 aliphatic heterocycles. The van der Waals surface area contributed by atoms with Crippen LogP contribution in [0, 0.1) is 5.92 Å². The molecule has 1 aromatic carbocycles. The van der Waals surface area contributed by atoms with Crippen molar-refractivity contribution in [2.45, 2.75) is 32.1 Å². The Kier molecular flexibility index (Phi) is 5.37. The maximum absolute atomic E-state index is 12.5. The number of morpholine rings is 1. The highest BCUT2D eigenvalue weighted by molar-refractivity contribution is 9.10. The third kappa shape index (κ3) is 3.82. The minimum Gasteiger partial charge on any atom is -0.378 e. The number of ether oxygens (including phenoxy) is 1. The molecule has 1 heterocycles. The maximum Gasteiger partial charge on any atom is 0.227 e. The van der Waals surface area contributed by atoms with Crippen LogP contribution in [0.3, 0.4) is 0 Å². The van der Waals surface area contributed by atoms with Crippen molar-refractivity contribution in [1.29, 1.82) is 0 Å². The summed E-state index contributed by atoms with van der Waals surface area (Å²) in [5.41, 5.74) is 2.00. The summed E-state index contributed by atoms with van der Waals surface area (Å²) in [6.07, 6.45) is 5.65. The highest BCUT2D eigenvalue weighted by Gasteiger charge is 2.23. The third-order valence-corrected chi connectivity index (χ3v) is 5.04. The molecule has 4 nitrogen and oxygen atoms in total. The van der Waals surface area contributed by atoms with E-state index in [2.05, 4.69) is 32.2 Å². The number of hydrogen-bond acceptors (Lipinski definition) is 3. The Hall–Kier alpha value is -1.07. The zero-order valence-corrected chi connectivity index (χ0v) is 14.4. The van der Waals surface area contributed by atoms with Gasteiger partial charge in [-0.15, -0.1) is 0 Å². The van der Waals surface area contributed by atoms with Crippen LogP contribution in [0.25, 0.3) is 0 Å². The first-order chi connectivity index (χ1) is 10.7. The quantitative estimate of drug-likeness (QED) is 0.884. The van der Waals surface area contributed by atoms with E-state index in [9.17, 15) is 4.79 Å². The molecular formula is C17H23BrN2O2. The van der Waals surface area contributed by atoms with Gasteiger partial charge in [0, 0.05) is 23.5 Å². The lowest BCUT2D eigenvalue weighted by Crippen LogP contribution is -2.37. The Morgan fingerprint density at radius 1 is 1.18 bits per heavy atom. The normalized spacial score (nSPS) is 20.0. The van der Waals surface area contributed by atoms with E-state index in [4.69, 9.17) is 4.74 Å². The number of nitrogens with one attached hydrogen (secondary N) is 1. The van der Waals surface area contributed by atoms with Gasteiger partial charge in [-0.3, -0.25) is 4.79 Å². The predicted molar refractivity (Wildman–Crippen MR) is 92.4 cm³/mol. The van der Waals surface area contributed by atoms with Gasteiger partial charge >= 0.3 is 0 Å². The van der Waals surface area contributed by atoms with Crippen LogP contribution < -0.4 is 10.2 Å². The van der Waals surface area contributed by atoms with Gasteiger partial charge in [0.25, 0.3) is 0 Å². The molecular weight excluding hydrogens is 344 g/mol. The van der Waals surface area contributed by atoms with E-state index in [1.54, 1.807) is 0 Å². The number of halogens is 1. The van der Waals surface area contributed by atoms with E-state index >= 15 is 0 Å². The molecule has 5 heteroatoms. The summed E-state index contributed by atoms with van der Waals surface area (Å²) in [4.78, 5) is 14.8.